The molecule has 1 aliphatic rings. The predicted molar refractivity (Wildman–Crippen MR) is 118 cm³/mol. The number of nitrogens with zero attached hydrogens (tertiary/aromatic N) is 3. The Labute approximate surface area is 180 Å². The zero-order valence-corrected chi connectivity index (χ0v) is 19.7. The van der Waals surface area contributed by atoms with Gasteiger partial charge < -0.3 is 19.9 Å². The second kappa shape index (κ2) is 11.8. The number of nitrogens with one attached hydrogen (secondary N) is 2. The lowest BCUT2D eigenvalue weighted by molar-refractivity contribution is 0.0683. The molecule has 1 saturated carbocycles. The molecular formula is C19H36IN5O2. The van der Waals surface area contributed by atoms with Gasteiger partial charge in [0.05, 0.1) is 6.54 Å². The maximum absolute atomic E-state index is 5.48. The molecule has 0 aromatic carbocycles. The van der Waals surface area contributed by atoms with Gasteiger partial charge in [-0.25, -0.2) is 0 Å². The summed E-state index contributed by atoms with van der Waals surface area (Å²) in [4.78, 5) is 8.70. The van der Waals surface area contributed by atoms with Gasteiger partial charge in [-0.3, -0.25) is 4.99 Å². The molecule has 2 rings (SSSR count). The first kappa shape index (κ1) is 24.1. The number of ether oxygens (including phenoxy) is 1. The van der Waals surface area contributed by atoms with Crippen LogP contribution in [0.4, 0.5) is 0 Å². The molecule has 0 saturated heterocycles. The SMILES string of the molecule is CCOC(C)c1noc(CNC(=NC)NCC2(CC(C)C)CCCC2)n1.I. The summed E-state index contributed by atoms with van der Waals surface area (Å²) < 4.78 is 10.8. The zero-order chi connectivity index (χ0) is 19.0. The number of hydrogen-bond donors (Lipinski definition) is 2. The lowest BCUT2D eigenvalue weighted by Crippen LogP contribution is -2.43. The van der Waals surface area contributed by atoms with E-state index in [-0.39, 0.29) is 30.1 Å². The van der Waals surface area contributed by atoms with Gasteiger partial charge in [-0.05, 0) is 44.4 Å². The van der Waals surface area contributed by atoms with Crippen molar-refractivity contribution in [2.45, 2.75) is 72.4 Å². The highest BCUT2D eigenvalue weighted by molar-refractivity contribution is 14.0. The number of guanidine groups is 1. The van der Waals surface area contributed by atoms with Gasteiger partial charge in [0.25, 0.3) is 0 Å². The molecule has 8 heteroatoms. The molecule has 1 aliphatic carbocycles. The van der Waals surface area contributed by atoms with Crippen molar-refractivity contribution in [3.63, 3.8) is 0 Å². The van der Waals surface area contributed by atoms with Crippen molar-refractivity contribution in [1.29, 1.82) is 0 Å². The van der Waals surface area contributed by atoms with Gasteiger partial charge in [0.15, 0.2) is 11.8 Å². The van der Waals surface area contributed by atoms with Crippen LogP contribution in [0, 0.1) is 11.3 Å². The monoisotopic (exact) mass is 493 g/mol. The Hall–Kier alpha value is -0.900. The standard InChI is InChI=1S/C19H35N5O2.HI/c1-6-25-15(4)17-23-16(26-24-17)12-21-18(20-5)22-13-19(11-14(2)3)9-7-8-10-19;/h14-15H,6-13H2,1-5H3,(H2,20,21,22);1H. The van der Waals surface area contributed by atoms with Crippen LogP contribution in [0.1, 0.15) is 77.6 Å². The first-order valence-corrected chi connectivity index (χ1v) is 9.86. The topological polar surface area (TPSA) is 84.6 Å². The number of aromatic nitrogens is 2. The van der Waals surface area contributed by atoms with E-state index in [2.05, 4.69) is 39.6 Å². The molecule has 0 aliphatic heterocycles. The van der Waals surface area contributed by atoms with E-state index in [1.807, 2.05) is 13.8 Å². The van der Waals surface area contributed by atoms with E-state index in [4.69, 9.17) is 9.26 Å². The van der Waals surface area contributed by atoms with Crippen molar-refractivity contribution < 1.29 is 9.26 Å². The smallest absolute Gasteiger partial charge is 0.246 e. The van der Waals surface area contributed by atoms with E-state index < -0.39 is 0 Å². The molecule has 1 aromatic heterocycles. The molecule has 2 N–H and O–H groups in total. The lowest BCUT2D eigenvalue weighted by Gasteiger charge is -2.31. The third-order valence-electron chi connectivity index (χ3n) is 5.03. The molecule has 0 radical (unpaired) electrons. The van der Waals surface area contributed by atoms with Crippen LogP contribution >= 0.6 is 24.0 Å². The Morgan fingerprint density at radius 1 is 1.26 bits per heavy atom. The fourth-order valence-corrected chi connectivity index (χ4v) is 3.92. The first-order valence-electron chi connectivity index (χ1n) is 9.86. The molecule has 156 valence electrons. The van der Waals surface area contributed by atoms with Gasteiger partial charge in [-0.2, -0.15) is 4.98 Å². The summed E-state index contributed by atoms with van der Waals surface area (Å²) in [6.45, 7) is 10.5. The third-order valence-corrected chi connectivity index (χ3v) is 5.03. The predicted octanol–water partition coefficient (Wildman–Crippen LogP) is 4.06. The van der Waals surface area contributed by atoms with Gasteiger partial charge >= 0.3 is 0 Å². The van der Waals surface area contributed by atoms with E-state index in [1.54, 1.807) is 7.05 Å². The largest absolute Gasteiger partial charge is 0.371 e. The molecule has 0 amide bonds. The second-order valence-electron chi connectivity index (χ2n) is 7.73. The number of rotatable bonds is 9. The maximum Gasteiger partial charge on any atom is 0.246 e. The van der Waals surface area contributed by atoms with Crippen molar-refractivity contribution in [1.82, 2.24) is 20.8 Å². The summed E-state index contributed by atoms with van der Waals surface area (Å²) >= 11 is 0. The molecule has 0 bridgehead atoms. The minimum Gasteiger partial charge on any atom is -0.371 e. The van der Waals surface area contributed by atoms with Crippen LogP contribution in [0.3, 0.4) is 0 Å². The Morgan fingerprint density at radius 3 is 2.56 bits per heavy atom. The molecule has 1 atom stereocenters. The van der Waals surface area contributed by atoms with Gasteiger partial charge in [0.2, 0.25) is 5.89 Å². The fourth-order valence-electron chi connectivity index (χ4n) is 3.92. The van der Waals surface area contributed by atoms with Crippen molar-refractivity contribution in [2.24, 2.45) is 16.3 Å². The second-order valence-corrected chi connectivity index (χ2v) is 7.73. The first-order chi connectivity index (χ1) is 12.5. The van der Waals surface area contributed by atoms with Gasteiger partial charge in [0.1, 0.15) is 6.10 Å². The minimum atomic E-state index is -0.159. The molecule has 1 aromatic rings. The minimum absolute atomic E-state index is 0. The highest BCUT2D eigenvalue weighted by atomic mass is 127. The van der Waals surface area contributed by atoms with E-state index in [0.29, 0.717) is 36.2 Å². The zero-order valence-electron chi connectivity index (χ0n) is 17.4. The molecule has 7 nitrogen and oxygen atoms in total. The summed E-state index contributed by atoms with van der Waals surface area (Å²) in [5, 5.41) is 10.7. The average Bonchev–Trinajstić information content (AvgIpc) is 3.25. The highest BCUT2D eigenvalue weighted by Crippen LogP contribution is 2.42. The van der Waals surface area contributed by atoms with Crippen LogP contribution < -0.4 is 10.6 Å². The Balaban J connectivity index is 0.00000364. The molecule has 0 spiro atoms. The van der Waals surface area contributed by atoms with Gasteiger partial charge in [0, 0.05) is 20.2 Å². The summed E-state index contributed by atoms with van der Waals surface area (Å²) in [5.41, 5.74) is 0.399. The number of aliphatic imine (C=N–C) groups is 1. The Morgan fingerprint density at radius 2 is 1.96 bits per heavy atom. The van der Waals surface area contributed by atoms with Crippen LogP contribution in [0.5, 0.6) is 0 Å². The van der Waals surface area contributed by atoms with Crippen LogP contribution in [0.2, 0.25) is 0 Å². The third kappa shape index (κ3) is 7.56. The van der Waals surface area contributed by atoms with E-state index in [9.17, 15) is 0 Å². The number of halogens is 1. The maximum atomic E-state index is 5.48. The normalized spacial score (nSPS) is 17.6. The Kier molecular flexibility index (Phi) is 10.6. The van der Waals surface area contributed by atoms with Crippen molar-refractivity contribution in [3.05, 3.63) is 11.7 Å². The molecule has 1 unspecified atom stereocenters. The molecule has 1 heterocycles. The Bertz CT molecular complexity index is 570. The summed E-state index contributed by atoms with van der Waals surface area (Å²) in [5.74, 6) is 2.60. The van der Waals surface area contributed by atoms with E-state index in [1.165, 1.54) is 32.1 Å². The summed E-state index contributed by atoms with van der Waals surface area (Å²) in [7, 11) is 1.79. The van der Waals surface area contributed by atoms with Gasteiger partial charge in [-0.15, -0.1) is 24.0 Å². The van der Waals surface area contributed by atoms with Crippen molar-refractivity contribution >= 4 is 29.9 Å². The molecule has 1 fully saturated rings. The number of hydrogen-bond acceptors (Lipinski definition) is 5. The quantitative estimate of drug-likeness (QED) is 0.307. The highest BCUT2D eigenvalue weighted by Gasteiger charge is 2.34. The van der Waals surface area contributed by atoms with Gasteiger partial charge in [-0.1, -0.05) is 31.8 Å². The molecular weight excluding hydrogens is 457 g/mol. The van der Waals surface area contributed by atoms with Crippen LogP contribution in [-0.2, 0) is 11.3 Å². The summed E-state index contributed by atoms with van der Waals surface area (Å²) in [6, 6.07) is 0. The van der Waals surface area contributed by atoms with E-state index in [0.717, 1.165) is 12.5 Å². The van der Waals surface area contributed by atoms with E-state index >= 15 is 0 Å². The van der Waals surface area contributed by atoms with Crippen molar-refractivity contribution in [2.75, 3.05) is 20.2 Å². The lowest BCUT2D eigenvalue weighted by atomic mass is 9.78. The summed E-state index contributed by atoms with van der Waals surface area (Å²) in [6.07, 6.45) is 6.38. The molecule has 27 heavy (non-hydrogen) atoms. The fraction of sp³-hybridized carbons (Fsp3) is 0.842. The average molecular weight is 493 g/mol. The van der Waals surface area contributed by atoms with Crippen molar-refractivity contribution in [3.8, 4) is 0 Å². The van der Waals surface area contributed by atoms with Crippen LogP contribution in [0.25, 0.3) is 0 Å². The van der Waals surface area contributed by atoms with Crippen LogP contribution in [0.15, 0.2) is 9.52 Å². The van der Waals surface area contributed by atoms with Crippen LogP contribution in [-0.4, -0.2) is 36.3 Å².